The monoisotopic (exact) mass is 229 g/mol. The van der Waals surface area contributed by atoms with Gasteiger partial charge < -0.3 is 16.2 Å². The van der Waals surface area contributed by atoms with Crippen molar-refractivity contribution >= 4 is 11.9 Å². The summed E-state index contributed by atoms with van der Waals surface area (Å²) in [5.41, 5.74) is 12.2. The third-order valence-electron chi connectivity index (χ3n) is 2.70. The molecule has 1 atom stereocenters. The molecule has 6 nitrogen and oxygen atoms in total. The summed E-state index contributed by atoms with van der Waals surface area (Å²) in [4.78, 5) is 12.0. The highest BCUT2D eigenvalue weighted by Crippen LogP contribution is 2.36. The lowest BCUT2D eigenvalue weighted by atomic mass is 10.0. The van der Waals surface area contributed by atoms with Gasteiger partial charge in [-0.2, -0.15) is 15.0 Å². The lowest BCUT2D eigenvalue weighted by molar-refractivity contribution is 0.340. The molecule has 4 N–H and O–H groups in total. The molecule has 2 aromatic rings. The third kappa shape index (κ3) is 1.63. The number of ether oxygens (including phenoxy) is 1. The number of nitrogens with two attached hydrogens (primary N) is 2. The Labute approximate surface area is 97.7 Å². The van der Waals surface area contributed by atoms with E-state index < -0.39 is 0 Å². The number of rotatable bonds is 1. The zero-order valence-corrected chi connectivity index (χ0v) is 9.00. The van der Waals surface area contributed by atoms with E-state index in [9.17, 15) is 0 Å². The van der Waals surface area contributed by atoms with Gasteiger partial charge in [-0.05, 0) is 6.07 Å². The lowest BCUT2D eigenvalue weighted by Gasteiger charge is -2.07. The summed E-state index contributed by atoms with van der Waals surface area (Å²) in [5, 5.41) is 0. The van der Waals surface area contributed by atoms with Gasteiger partial charge in [0.25, 0.3) is 0 Å². The maximum atomic E-state index is 5.56. The fraction of sp³-hybridized carbons (Fsp3) is 0.182. The molecule has 1 aliphatic heterocycles. The second-order valence-electron chi connectivity index (χ2n) is 3.81. The van der Waals surface area contributed by atoms with E-state index in [4.69, 9.17) is 16.2 Å². The fourth-order valence-corrected chi connectivity index (χ4v) is 1.96. The molecular weight excluding hydrogens is 218 g/mol. The Kier molecular flexibility index (Phi) is 2.07. The van der Waals surface area contributed by atoms with Gasteiger partial charge in [-0.15, -0.1) is 0 Å². The van der Waals surface area contributed by atoms with Crippen molar-refractivity contribution in [2.75, 3.05) is 18.1 Å². The molecule has 0 fully saturated rings. The Hall–Kier alpha value is -2.37. The van der Waals surface area contributed by atoms with E-state index in [1.165, 1.54) is 0 Å². The first-order valence-corrected chi connectivity index (χ1v) is 5.22. The smallest absolute Gasteiger partial charge is 0.225 e. The van der Waals surface area contributed by atoms with Gasteiger partial charge in [0.1, 0.15) is 18.2 Å². The van der Waals surface area contributed by atoms with Crippen LogP contribution in [0.15, 0.2) is 24.3 Å². The molecule has 0 bridgehead atoms. The second-order valence-corrected chi connectivity index (χ2v) is 3.81. The van der Waals surface area contributed by atoms with Crippen molar-refractivity contribution in [3.63, 3.8) is 0 Å². The largest absolute Gasteiger partial charge is 0.492 e. The summed E-state index contributed by atoms with van der Waals surface area (Å²) in [7, 11) is 0. The molecule has 1 aromatic heterocycles. The number of benzene rings is 1. The SMILES string of the molecule is Nc1nc(N)nc(C2COc3ccccc32)n1. The van der Waals surface area contributed by atoms with Crippen molar-refractivity contribution in [3.05, 3.63) is 35.7 Å². The predicted molar refractivity (Wildman–Crippen MR) is 62.4 cm³/mol. The minimum absolute atomic E-state index is 0.0289. The minimum Gasteiger partial charge on any atom is -0.492 e. The topological polar surface area (TPSA) is 99.9 Å². The summed E-state index contributed by atoms with van der Waals surface area (Å²) < 4.78 is 5.56. The summed E-state index contributed by atoms with van der Waals surface area (Å²) >= 11 is 0. The minimum atomic E-state index is -0.0289. The summed E-state index contributed by atoms with van der Waals surface area (Å²) in [6, 6.07) is 7.79. The van der Waals surface area contributed by atoms with Gasteiger partial charge in [0, 0.05) is 5.56 Å². The quantitative estimate of drug-likeness (QED) is 0.741. The van der Waals surface area contributed by atoms with Gasteiger partial charge in [-0.3, -0.25) is 0 Å². The van der Waals surface area contributed by atoms with Crippen LogP contribution in [0.2, 0.25) is 0 Å². The van der Waals surface area contributed by atoms with Crippen molar-refractivity contribution in [1.82, 2.24) is 15.0 Å². The van der Waals surface area contributed by atoms with E-state index in [-0.39, 0.29) is 17.8 Å². The molecule has 0 amide bonds. The number of aromatic nitrogens is 3. The lowest BCUT2D eigenvalue weighted by Crippen LogP contribution is -2.12. The first-order valence-electron chi connectivity index (χ1n) is 5.22. The van der Waals surface area contributed by atoms with Crippen LogP contribution in [0.1, 0.15) is 17.3 Å². The third-order valence-corrected chi connectivity index (χ3v) is 2.70. The van der Waals surface area contributed by atoms with Crippen molar-refractivity contribution in [2.24, 2.45) is 0 Å². The summed E-state index contributed by atoms with van der Waals surface area (Å²) in [6.07, 6.45) is 0. The first kappa shape index (κ1) is 9.83. The highest BCUT2D eigenvalue weighted by molar-refractivity contribution is 5.43. The van der Waals surface area contributed by atoms with Gasteiger partial charge in [0.2, 0.25) is 11.9 Å². The van der Waals surface area contributed by atoms with E-state index in [0.29, 0.717) is 12.4 Å². The van der Waals surface area contributed by atoms with Crippen LogP contribution in [0.3, 0.4) is 0 Å². The molecule has 0 aliphatic carbocycles. The first-order chi connectivity index (χ1) is 8.24. The van der Waals surface area contributed by atoms with E-state index in [0.717, 1.165) is 11.3 Å². The van der Waals surface area contributed by atoms with Gasteiger partial charge in [0.05, 0.1) is 5.92 Å². The van der Waals surface area contributed by atoms with Crippen LogP contribution in [-0.2, 0) is 0 Å². The van der Waals surface area contributed by atoms with Crippen molar-refractivity contribution in [1.29, 1.82) is 0 Å². The Morgan fingerprint density at radius 3 is 2.53 bits per heavy atom. The second kappa shape index (κ2) is 3.58. The Morgan fingerprint density at radius 2 is 1.76 bits per heavy atom. The van der Waals surface area contributed by atoms with E-state index in [1.54, 1.807) is 0 Å². The number of nitrogens with zero attached hydrogens (tertiary/aromatic N) is 3. The molecule has 1 unspecified atom stereocenters. The van der Waals surface area contributed by atoms with Crippen molar-refractivity contribution in [2.45, 2.75) is 5.92 Å². The molecule has 86 valence electrons. The zero-order chi connectivity index (χ0) is 11.8. The maximum Gasteiger partial charge on any atom is 0.225 e. The van der Waals surface area contributed by atoms with Crippen LogP contribution in [0.4, 0.5) is 11.9 Å². The number of anilines is 2. The van der Waals surface area contributed by atoms with E-state index in [2.05, 4.69) is 15.0 Å². The van der Waals surface area contributed by atoms with Gasteiger partial charge in [0.15, 0.2) is 0 Å². The number of nitrogen functional groups attached to an aromatic ring is 2. The summed E-state index contributed by atoms with van der Waals surface area (Å²) in [6.45, 7) is 0.502. The average Bonchev–Trinajstić information content (AvgIpc) is 2.71. The van der Waals surface area contributed by atoms with Crippen molar-refractivity contribution < 1.29 is 4.74 Å². The van der Waals surface area contributed by atoms with Crippen LogP contribution >= 0.6 is 0 Å². The zero-order valence-electron chi connectivity index (χ0n) is 9.00. The highest BCUT2D eigenvalue weighted by atomic mass is 16.5. The standard InChI is InChI=1S/C11H11N5O/c12-10-14-9(15-11(13)16-10)7-5-17-8-4-2-1-3-6(7)8/h1-4,7H,5H2,(H4,12,13,14,15,16). The fourth-order valence-electron chi connectivity index (χ4n) is 1.96. The summed E-state index contributed by atoms with van der Waals surface area (Å²) in [5.74, 6) is 1.66. The van der Waals surface area contributed by atoms with Crippen LogP contribution in [0, 0.1) is 0 Å². The molecule has 0 radical (unpaired) electrons. The molecule has 17 heavy (non-hydrogen) atoms. The maximum absolute atomic E-state index is 5.56. The highest BCUT2D eigenvalue weighted by Gasteiger charge is 2.28. The molecule has 1 aliphatic rings. The number of hydrogen-bond donors (Lipinski definition) is 2. The van der Waals surface area contributed by atoms with E-state index >= 15 is 0 Å². The number of para-hydroxylation sites is 1. The molecular formula is C11H11N5O. The molecule has 6 heteroatoms. The predicted octanol–water partition coefficient (Wildman–Crippen LogP) is 0.560. The molecule has 3 rings (SSSR count). The van der Waals surface area contributed by atoms with Gasteiger partial charge in [-0.1, -0.05) is 18.2 Å². The molecule has 2 heterocycles. The number of fused-ring (bicyclic) bond motifs is 1. The van der Waals surface area contributed by atoms with E-state index in [1.807, 2.05) is 24.3 Å². The van der Waals surface area contributed by atoms with Crippen molar-refractivity contribution in [3.8, 4) is 5.75 Å². The van der Waals surface area contributed by atoms with Crippen LogP contribution < -0.4 is 16.2 Å². The van der Waals surface area contributed by atoms with Crippen LogP contribution in [-0.4, -0.2) is 21.6 Å². The Morgan fingerprint density at radius 1 is 1.06 bits per heavy atom. The molecule has 0 saturated heterocycles. The Balaban J connectivity index is 2.06. The molecule has 0 saturated carbocycles. The van der Waals surface area contributed by atoms with Gasteiger partial charge >= 0.3 is 0 Å². The molecule has 1 aromatic carbocycles. The van der Waals surface area contributed by atoms with Crippen LogP contribution in [0.5, 0.6) is 5.75 Å². The Bertz CT molecular complexity index is 551. The molecule has 0 spiro atoms. The van der Waals surface area contributed by atoms with Crippen LogP contribution in [0.25, 0.3) is 0 Å². The number of hydrogen-bond acceptors (Lipinski definition) is 6. The normalized spacial score (nSPS) is 17.5. The van der Waals surface area contributed by atoms with Gasteiger partial charge in [-0.25, -0.2) is 0 Å². The average molecular weight is 229 g/mol.